The van der Waals surface area contributed by atoms with E-state index in [1.807, 2.05) is 54.2 Å². The number of amides is 2. The van der Waals surface area contributed by atoms with Gasteiger partial charge in [-0.3, -0.25) is 14.4 Å². The molecule has 0 spiro atoms. The molecule has 4 aromatic rings. The summed E-state index contributed by atoms with van der Waals surface area (Å²) >= 11 is 0. The second kappa shape index (κ2) is 14.4. The number of rotatable bonds is 12. The Labute approximate surface area is 269 Å². The number of methoxy groups -OCH3 is 3. The number of hydrogen-bond donors (Lipinski definition) is 3. The Morgan fingerprint density at radius 2 is 1.74 bits per heavy atom. The van der Waals surface area contributed by atoms with Gasteiger partial charge in [0.25, 0.3) is 0 Å². The summed E-state index contributed by atoms with van der Waals surface area (Å²) in [7, 11) is 6.70. The molecule has 1 atom stereocenters. The van der Waals surface area contributed by atoms with Crippen LogP contribution in [0.1, 0.15) is 56.2 Å². The quantitative estimate of drug-likeness (QED) is 0.166. The molecule has 3 N–H and O–H groups in total. The van der Waals surface area contributed by atoms with Crippen LogP contribution in [0.2, 0.25) is 0 Å². The first-order valence-corrected chi connectivity index (χ1v) is 15.6. The average molecular weight is 627 g/mol. The van der Waals surface area contributed by atoms with E-state index in [2.05, 4.69) is 16.0 Å². The third-order valence-corrected chi connectivity index (χ3v) is 8.51. The maximum atomic E-state index is 13.5. The van der Waals surface area contributed by atoms with Crippen molar-refractivity contribution in [1.29, 1.82) is 0 Å². The molecule has 1 heterocycles. The molecule has 242 valence electrons. The molecule has 1 aliphatic rings. The van der Waals surface area contributed by atoms with Crippen LogP contribution in [-0.2, 0) is 23.1 Å². The standard InChI is InChI=1S/C36H42N4O6/c1-22(41)38-28-15-13-23-20-32(44-3)35(45-4)36(46-5)34(23)24-14-16-29(31(42)21-26(24)28)37-18-8-6-7-12-33(43)39-27-10-9-11-30-25(27)17-19-40(30)2/h9-11,14,16-17,19-21,28H,6-8,12-13,15,18H2,1-5H3,(H,37,42)(H,38,41)(H,39,43)/t28-/m0/s1. The van der Waals surface area contributed by atoms with Gasteiger partial charge in [-0.15, -0.1) is 0 Å². The summed E-state index contributed by atoms with van der Waals surface area (Å²) in [5.74, 6) is 1.34. The zero-order valence-corrected chi connectivity index (χ0v) is 27.1. The summed E-state index contributed by atoms with van der Waals surface area (Å²) in [5, 5.41) is 10.4. The van der Waals surface area contributed by atoms with E-state index in [4.69, 9.17) is 14.2 Å². The van der Waals surface area contributed by atoms with Gasteiger partial charge in [0.15, 0.2) is 11.5 Å². The number of carbonyl (C=O) groups excluding carboxylic acids is 2. The second-order valence-corrected chi connectivity index (χ2v) is 11.5. The van der Waals surface area contributed by atoms with E-state index >= 15 is 0 Å². The van der Waals surface area contributed by atoms with E-state index in [1.165, 1.54) is 6.92 Å². The molecule has 3 aromatic carbocycles. The number of carbonyl (C=O) groups is 2. The smallest absolute Gasteiger partial charge is 0.224 e. The van der Waals surface area contributed by atoms with Crippen LogP contribution < -0.4 is 35.6 Å². The van der Waals surface area contributed by atoms with E-state index in [1.54, 1.807) is 33.5 Å². The van der Waals surface area contributed by atoms with E-state index in [0.717, 1.165) is 58.1 Å². The van der Waals surface area contributed by atoms with Crippen molar-refractivity contribution < 1.29 is 23.8 Å². The van der Waals surface area contributed by atoms with Crippen LogP contribution in [0.15, 0.2) is 59.5 Å². The Kier molecular flexibility index (Phi) is 10.1. The predicted molar refractivity (Wildman–Crippen MR) is 181 cm³/mol. The van der Waals surface area contributed by atoms with Crippen molar-refractivity contribution in [2.45, 2.75) is 51.5 Å². The summed E-state index contributed by atoms with van der Waals surface area (Å²) in [5.41, 5.74) is 5.47. The van der Waals surface area contributed by atoms with Crippen LogP contribution in [0.3, 0.4) is 0 Å². The van der Waals surface area contributed by atoms with Gasteiger partial charge in [0.05, 0.1) is 38.7 Å². The lowest BCUT2D eigenvalue weighted by molar-refractivity contribution is -0.119. The number of benzene rings is 2. The van der Waals surface area contributed by atoms with Gasteiger partial charge in [0, 0.05) is 49.6 Å². The van der Waals surface area contributed by atoms with Crippen molar-refractivity contribution in [2.24, 2.45) is 7.05 Å². The SMILES string of the molecule is COc1cc2c(c(OC)c1OC)-c1ccc(NCCCCCC(=O)Nc3cccc4c3ccn4C)c(=O)cc1[C@@H](NC(C)=O)CC2. The van der Waals surface area contributed by atoms with Crippen molar-refractivity contribution in [3.8, 4) is 28.4 Å². The molecule has 10 heteroatoms. The summed E-state index contributed by atoms with van der Waals surface area (Å²) in [4.78, 5) is 38.3. The Morgan fingerprint density at radius 1 is 0.935 bits per heavy atom. The predicted octanol–water partition coefficient (Wildman–Crippen LogP) is 5.97. The number of aryl methyl sites for hydroxylation is 2. The zero-order valence-electron chi connectivity index (χ0n) is 27.1. The van der Waals surface area contributed by atoms with E-state index in [0.29, 0.717) is 48.7 Å². The lowest BCUT2D eigenvalue weighted by Gasteiger charge is -2.19. The molecule has 10 nitrogen and oxygen atoms in total. The van der Waals surface area contributed by atoms with Gasteiger partial charge in [0.2, 0.25) is 23.0 Å². The number of hydrogen-bond acceptors (Lipinski definition) is 7. The highest BCUT2D eigenvalue weighted by Gasteiger charge is 2.29. The van der Waals surface area contributed by atoms with Crippen molar-refractivity contribution >= 4 is 34.1 Å². The van der Waals surface area contributed by atoms with Crippen LogP contribution in [0.25, 0.3) is 22.0 Å². The summed E-state index contributed by atoms with van der Waals surface area (Å²) < 4.78 is 19.1. The first-order valence-electron chi connectivity index (χ1n) is 15.6. The number of nitrogens with one attached hydrogen (secondary N) is 3. The van der Waals surface area contributed by atoms with Crippen LogP contribution >= 0.6 is 0 Å². The van der Waals surface area contributed by atoms with Crippen LogP contribution in [0, 0.1) is 0 Å². The van der Waals surface area contributed by atoms with Gasteiger partial charge in [-0.25, -0.2) is 0 Å². The van der Waals surface area contributed by atoms with Gasteiger partial charge in [0.1, 0.15) is 0 Å². The van der Waals surface area contributed by atoms with Crippen LogP contribution in [0.5, 0.6) is 17.2 Å². The first kappa shape index (κ1) is 32.4. The van der Waals surface area contributed by atoms with Crippen molar-refractivity contribution in [3.63, 3.8) is 0 Å². The molecular weight excluding hydrogens is 584 g/mol. The van der Waals surface area contributed by atoms with E-state index in [-0.39, 0.29) is 23.3 Å². The Morgan fingerprint density at radius 3 is 2.48 bits per heavy atom. The van der Waals surface area contributed by atoms with E-state index in [9.17, 15) is 14.4 Å². The first-order chi connectivity index (χ1) is 22.2. The lowest BCUT2D eigenvalue weighted by atomic mass is 9.95. The monoisotopic (exact) mass is 626 g/mol. The lowest BCUT2D eigenvalue weighted by Crippen LogP contribution is -2.26. The normalized spacial score (nSPS) is 13.6. The number of anilines is 2. The number of nitrogens with zero attached hydrogens (tertiary/aromatic N) is 1. The van der Waals surface area contributed by atoms with Gasteiger partial charge >= 0.3 is 0 Å². The minimum atomic E-state index is -0.366. The zero-order chi connectivity index (χ0) is 32.8. The molecule has 5 rings (SSSR count). The highest BCUT2D eigenvalue weighted by molar-refractivity contribution is 6.01. The number of unbranched alkanes of at least 4 members (excludes halogenated alkanes) is 2. The molecule has 0 saturated heterocycles. The van der Waals surface area contributed by atoms with Gasteiger partial charge in [-0.2, -0.15) is 0 Å². The average Bonchev–Trinajstić information content (AvgIpc) is 3.27. The maximum Gasteiger partial charge on any atom is 0.224 e. The number of ether oxygens (including phenoxy) is 3. The number of aromatic nitrogens is 1. The molecule has 1 aliphatic carbocycles. The molecule has 0 saturated carbocycles. The molecule has 0 aliphatic heterocycles. The molecule has 0 radical (unpaired) electrons. The molecule has 0 fully saturated rings. The Bertz CT molecular complexity index is 1820. The minimum Gasteiger partial charge on any atom is -0.493 e. The molecule has 0 unspecified atom stereocenters. The topological polar surface area (TPSA) is 120 Å². The van der Waals surface area contributed by atoms with Crippen molar-refractivity contribution in [3.05, 3.63) is 76.1 Å². The van der Waals surface area contributed by atoms with E-state index < -0.39 is 0 Å². The third-order valence-electron chi connectivity index (χ3n) is 8.51. The Balaban J connectivity index is 1.29. The molecule has 46 heavy (non-hydrogen) atoms. The summed E-state index contributed by atoms with van der Waals surface area (Å²) in [6.07, 6.45) is 5.99. The molecule has 1 aromatic heterocycles. The fourth-order valence-corrected chi connectivity index (χ4v) is 6.29. The number of fused-ring (bicyclic) bond motifs is 4. The van der Waals surface area contributed by atoms with Gasteiger partial charge in [-0.05, 0) is 78.8 Å². The van der Waals surface area contributed by atoms with Crippen LogP contribution in [-0.4, -0.2) is 44.3 Å². The summed E-state index contributed by atoms with van der Waals surface area (Å²) in [6, 6.07) is 14.8. The summed E-state index contributed by atoms with van der Waals surface area (Å²) in [6.45, 7) is 2.06. The van der Waals surface area contributed by atoms with Crippen LogP contribution in [0.4, 0.5) is 11.4 Å². The largest absolute Gasteiger partial charge is 0.493 e. The maximum absolute atomic E-state index is 13.5. The van der Waals surface area contributed by atoms with Gasteiger partial charge in [-0.1, -0.05) is 18.6 Å². The Hall–Kier alpha value is -4.99. The second-order valence-electron chi connectivity index (χ2n) is 11.5. The highest BCUT2D eigenvalue weighted by atomic mass is 16.5. The molecule has 2 amide bonds. The van der Waals surface area contributed by atoms with Crippen molar-refractivity contribution in [1.82, 2.24) is 9.88 Å². The molecular formula is C36H42N4O6. The highest BCUT2D eigenvalue weighted by Crippen LogP contribution is 2.50. The fraction of sp³-hybridized carbons (Fsp3) is 0.361. The molecule has 0 bridgehead atoms. The minimum absolute atomic E-state index is 0.0126. The van der Waals surface area contributed by atoms with Gasteiger partial charge < -0.3 is 34.7 Å². The van der Waals surface area contributed by atoms with Crippen molar-refractivity contribution in [2.75, 3.05) is 38.5 Å². The third kappa shape index (κ3) is 6.80. The fourth-order valence-electron chi connectivity index (χ4n) is 6.29.